The molecule has 144 valence electrons. The van der Waals surface area contributed by atoms with Gasteiger partial charge in [0.2, 0.25) is 0 Å². The molecule has 7 N–H and O–H groups in total. The highest BCUT2D eigenvalue weighted by molar-refractivity contribution is 5.98. The molecule has 10 nitrogen and oxygen atoms in total. The summed E-state index contributed by atoms with van der Waals surface area (Å²) in [6.45, 7) is 3.05. The number of rotatable bonds is 4. The van der Waals surface area contributed by atoms with Crippen molar-refractivity contribution in [1.82, 2.24) is 5.32 Å². The van der Waals surface area contributed by atoms with Crippen LogP contribution in [0.4, 0.5) is 5.69 Å². The van der Waals surface area contributed by atoms with Gasteiger partial charge in [-0.3, -0.25) is 10.1 Å². The quantitative estimate of drug-likeness (QED) is 0.498. The Bertz CT molecular complexity index is 752. The molecule has 26 heavy (non-hydrogen) atoms. The molecular weight excluding hydrogens is 372 g/mol. The van der Waals surface area contributed by atoms with Crippen LogP contribution in [-0.4, -0.2) is 38.0 Å². The molecular formula is C15H19ClN2O8. The second-order valence-corrected chi connectivity index (χ2v) is 5.10. The first kappa shape index (κ1) is 25.3. The molecule has 0 saturated heterocycles. The van der Waals surface area contributed by atoms with Gasteiger partial charge < -0.3 is 26.5 Å². The van der Waals surface area contributed by atoms with Crippen LogP contribution in [0.15, 0.2) is 46.8 Å². The summed E-state index contributed by atoms with van der Waals surface area (Å²) in [6, 6.07) is 5.34. The van der Waals surface area contributed by atoms with E-state index in [2.05, 4.69) is 5.32 Å². The third-order valence-corrected chi connectivity index (χ3v) is 3.64. The van der Waals surface area contributed by atoms with Gasteiger partial charge in [0.05, 0.1) is 22.0 Å². The highest BCUT2D eigenvalue weighted by Gasteiger charge is 2.36. The summed E-state index contributed by atoms with van der Waals surface area (Å²) in [5, 5.41) is 32.6. The molecule has 1 aromatic rings. The lowest BCUT2D eigenvalue weighted by molar-refractivity contribution is -0.384. The number of nitro benzene ring substituents is 1. The summed E-state index contributed by atoms with van der Waals surface area (Å²) in [4.78, 5) is 33.5. The summed E-state index contributed by atoms with van der Waals surface area (Å²) in [5.74, 6) is -3.65. The van der Waals surface area contributed by atoms with Crippen molar-refractivity contribution in [2.24, 2.45) is 0 Å². The molecule has 0 aromatic heterocycles. The second-order valence-electron chi connectivity index (χ2n) is 5.10. The van der Waals surface area contributed by atoms with Crippen LogP contribution in [0, 0.1) is 10.1 Å². The van der Waals surface area contributed by atoms with Gasteiger partial charge in [0, 0.05) is 23.5 Å². The van der Waals surface area contributed by atoms with Crippen LogP contribution in [0.25, 0.3) is 0 Å². The number of benzene rings is 1. The maximum absolute atomic E-state index is 11.6. The van der Waals surface area contributed by atoms with Gasteiger partial charge in [-0.15, -0.1) is 12.4 Å². The van der Waals surface area contributed by atoms with Crippen molar-refractivity contribution in [2.75, 3.05) is 0 Å². The van der Waals surface area contributed by atoms with E-state index in [0.29, 0.717) is 11.4 Å². The zero-order valence-electron chi connectivity index (χ0n) is 13.8. The Balaban J connectivity index is 0. The number of allylic oxidation sites excluding steroid dienone is 2. The first-order valence-corrected chi connectivity index (χ1v) is 6.63. The van der Waals surface area contributed by atoms with Gasteiger partial charge in [0.25, 0.3) is 5.69 Å². The maximum atomic E-state index is 11.6. The van der Waals surface area contributed by atoms with Crippen LogP contribution < -0.4 is 5.32 Å². The number of halogens is 1. The molecule has 0 bridgehead atoms. The fourth-order valence-electron chi connectivity index (χ4n) is 2.71. The van der Waals surface area contributed by atoms with E-state index in [1.54, 1.807) is 0 Å². The number of carboxylic acids is 2. The molecule has 11 heteroatoms. The first-order chi connectivity index (χ1) is 10.7. The third-order valence-electron chi connectivity index (χ3n) is 3.64. The summed E-state index contributed by atoms with van der Waals surface area (Å²) in [7, 11) is 0. The summed E-state index contributed by atoms with van der Waals surface area (Å²) in [5.41, 5.74) is 0.329. The predicted molar refractivity (Wildman–Crippen MR) is 94.1 cm³/mol. The van der Waals surface area contributed by atoms with Gasteiger partial charge >= 0.3 is 11.9 Å². The highest BCUT2D eigenvalue weighted by atomic mass is 35.5. The van der Waals surface area contributed by atoms with E-state index >= 15 is 0 Å². The van der Waals surface area contributed by atoms with Gasteiger partial charge in [0.1, 0.15) is 0 Å². The average Bonchev–Trinajstić information content (AvgIpc) is 2.45. The van der Waals surface area contributed by atoms with Crippen LogP contribution in [0.2, 0.25) is 0 Å². The number of non-ortho nitro benzene ring substituents is 1. The minimum Gasteiger partial charge on any atom is -0.478 e. The maximum Gasteiger partial charge on any atom is 0.334 e. The van der Waals surface area contributed by atoms with E-state index in [1.165, 1.54) is 38.1 Å². The van der Waals surface area contributed by atoms with E-state index in [1.807, 2.05) is 0 Å². The summed E-state index contributed by atoms with van der Waals surface area (Å²) < 4.78 is 0. The minimum atomic E-state index is -1.28. The molecule has 1 heterocycles. The van der Waals surface area contributed by atoms with Crippen molar-refractivity contribution in [2.45, 2.75) is 19.8 Å². The first-order valence-electron chi connectivity index (χ1n) is 6.63. The minimum absolute atomic E-state index is 0. The fraction of sp³-hybridized carbons (Fsp3) is 0.200. The summed E-state index contributed by atoms with van der Waals surface area (Å²) >= 11 is 0. The van der Waals surface area contributed by atoms with Crippen LogP contribution >= 0.6 is 12.4 Å². The Morgan fingerprint density at radius 2 is 1.54 bits per heavy atom. The van der Waals surface area contributed by atoms with Crippen molar-refractivity contribution < 1.29 is 35.7 Å². The molecule has 0 amide bonds. The Morgan fingerprint density at radius 3 is 1.92 bits per heavy atom. The monoisotopic (exact) mass is 390 g/mol. The van der Waals surface area contributed by atoms with Crippen LogP contribution in [0.5, 0.6) is 0 Å². The molecule has 1 aliphatic rings. The molecule has 1 aliphatic heterocycles. The number of hydrogen-bond acceptors (Lipinski definition) is 5. The van der Waals surface area contributed by atoms with Crippen LogP contribution in [0.3, 0.4) is 0 Å². The van der Waals surface area contributed by atoms with Crippen molar-refractivity contribution in [3.8, 4) is 0 Å². The van der Waals surface area contributed by atoms with Gasteiger partial charge in [-0.1, -0.05) is 12.1 Å². The van der Waals surface area contributed by atoms with Gasteiger partial charge in [0.15, 0.2) is 0 Å². The largest absolute Gasteiger partial charge is 0.478 e. The lowest BCUT2D eigenvalue weighted by Gasteiger charge is -2.28. The number of hydrogen-bond donors (Lipinski definition) is 3. The van der Waals surface area contributed by atoms with Crippen molar-refractivity contribution >= 4 is 30.0 Å². The standard InChI is InChI=1S/C15H14N2O6.ClH.2H2O/c1-7-11(14(18)19)13(12(15(20)21)8(2)16-7)9-4-3-5-10(6-9)17(22)23;;;/h3-6,13,16H,1-2H3,(H,18,19)(H,20,21);1H;2*1H2. The van der Waals surface area contributed by atoms with Crippen LogP contribution in [0.1, 0.15) is 25.3 Å². The van der Waals surface area contributed by atoms with E-state index in [-0.39, 0.29) is 45.8 Å². The lowest BCUT2D eigenvalue weighted by atomic mass is 9.80. The van der Waals surface area contributed by atoms with Gasteiger partial charge in [-0.2, -0.15) is 0 Å². The number of dihydropyridines is 1. The predicted octanol–water partition coefficient (Wildman–Crippen LogP) is 0.771. The molecule has 0 saturated carbocycles. The fourth-order valence-corrected chi connectivity index (χ4v) is 2.71. The SMILES string of the molecule is CC1=C(C(=O)O)C(c2cccc([N+](=O)[O-])c2)C(C(=O)O)=C(C)N1.Cl.O.O. The normalized spacial score (nSPS) is 13.6. The Kier molecular flexibility index (Phi) is 9.25. The Hall–Kier alpha value is -2.95. The second kappa shape index (κ2) is 9.51. The van der Waals surface area contributed by atoms with Crippen LogP contribution in [-0.2, 0) is 9.59 Å². The molecule has 0 aliphatic carbocycles. The smallest absolute Gasteiger partial charge is 0.334 e. The van der Waals surface area contributed by atoms with E-state index < -0.39 is 22.8 Å². The van der Waals surface area contributed by atoms with E-state index in [4.69, 9.17) is 0 Å². The van der Waals surface area contributed by atoms with Crippen molar-refractivity contribution in [3.63, 3.8) is 0 Å². The third kappa shape index (κ3) is 4.57. The molecule has 0 unspecified atom stereocenters. The molecule has 0 radical (unpaired) electrons. The number of nitro groups is 1. The summed E-state index contributed by atoms with van der Waals surface area (Å²) in [6.07, 6.45) is 0. The lowest BCUT2D eigenvalue weighted by Crippen LogP contribution is -2.31. The van der Waals surface area contributed by atoms with Crippen molar-refractivity contribution in [3.05, 3.63) is 62.5 Å². The average molecular weight is 391 g/mol. The highest BCUT2D eigenvalue weighted by Crippen LogP contribution is 2.39. The zero-order valence-corrected chi connectivity index (χ0v) is 14.6. The molecule has 2 rings (SSSR count). The Labute approximate surface area is 154 Å². The Morgan fingerprint density at radius 1 is 1.08 bits per heavy atom. The van der Waals surface area contributed by atoms with E-state index in [9.17, 15) is 29.9 Å². The molecule has 0 fully saturated rings. The van der Waals surface area contributed by atoms with Gasteiger partial charge in [-0.05, 0) is 19.4 Å². The molecule has 0 atom stereocenters. The number of nitrogens with zero attached hydrogens (tertiary/aromatic N) is 1. The van der Waals surface area contributed by atoms with E-state index in [0.717, 1.165) is 0 Å². The van der Waals surface area contributed by atoms with Gasteiger partial charge in [-0.25, -0.2) is 9.59 Å². The van der Waals surface area contributed by atoms with Crippen molar-refractivity contribution in [1.29, 1.82) is 0 Å². The number of nitrogens with one attached hydrogen (secondary N) is 1. The number of aliphatic carboxylic acids is 2. The number of carbonyl (C=O) groups is 2. The number of carboxylic acid groups (broad SMARTS) is 2. The molecule has 0 spiro atoms. The zero-order chi connectivity index (χ0) is 17.3. The molecule has 1 aromatic carbocycles. The topological polar surface area (TPSA) is 193 Å².